The molecule has 2 aliphatic rings. The minimum Gasteiger partial charge on any atom is -0.508 e. The lowest BCUT2D eigenvalue weighted by molar-refractivity contribution is 0.0223. The molecule has 0 bridgehead atoms. The number of halogens is 1. The number of carbonyl (C=O) groups is 1. The van der Waals surface area contributed by atoms with Crippen molar-refractivity contribution in [3.63, 3.8) is 0 Å². The van der Waals surface area contributed by atoms with Crippen molar-refractivity contribution < 1.29 is 24.5 Å². The number of benzene rings is 3. The molecule has 0 saturated heterocycles. The molecule has 3 aromatic carbocycles. The van der Waals surface area contributed by atoms with Crippen LogP contribution in [0.2, 0.25) is 0 Å². The largest absolute Gasteiger partial charge is 0.508 e. The molecule has 0 fully saturated rings. The van der Waals surface area contributed by atoms with Crippen LogP contribution in [-0.2, 0) is 15.7 Å². The number of carbonyl (C=O) groups excluding carboxylic acids is 1. The maximum Gasteiger partial charge on any atom is 0.340 e. The third-order valence-corrected chi connectivity index (χ3v) is 5.64. The van der Waals surface area contributed by atoms with Crippen molar-refractivity contribution in [1.29, 1.82) is 0 Å². The number of hydrogen-bond donors (Lipinski definition) is 2. The quantitative estimate of drug-likeness (QED) is 0.442. The fourth-order valence-electron chi connectivity index (χ4n) is 3.90. The van der Waals surface area contributed by atoms with Crippen molar-refractivity contribution in [3.8, 4) is 23.0 Å². The van der Waals surface area contributed by atoms with Gasteiger partial charge in [0.1, 0.15) is 23.0 Å². The summed E-state index contributed by atoms with van der Waals surface area (Å²) in [6, 6.07) is 15.2. The van der Waals surface area contributed by atoms with Gasteiger partial charge in [-0.1, -0.05) is 34.1 Å². The molecule has 1 atom stereocenters. The van der Waals surface area contributed by atoms with Crippen LogP contribution in [0.15, 0.2) is 54.6 Å². The van der Waals surface area contributed by atoms with Crippen LogP contribution in [0.5, 0.6) is 23.0 Å². The minimum atomic E-state index is -1.20. The number of ether oxygens (including phenoxy) is 2. The van der Waals surface area contributed by atoms with Gasteiger partial charge in [-0.2, -0.15) is 0 Å². The topological polar surface area (TPSA) is 76.0 Å². The molecule has 2 heterocycles. The van der Waals surface area contributed by atoms with Crippen molar-refractivity contribution in [2.75, 3.05) is 0 Å². The summed E-state index contributed by atoms with van der Waals surface area (Å²) in [4.78, 5) is 12.7. The van der Waals surface area contributed by atoms with E-state index in [4.69, 9.17) is 9.47 Å². The Bertz CT molecular complexity index is 1120. The first-order chi connectivity index (χ1) is 13.1. The predicted octanol–water partition coefficient (Wildman–Crippen LogP) is 4.56. The standard InChI is InChI=1S/C21H13BrO5/c22-10-13-17(24)8-7-16-19(13)26-18-9-11(23)5-6-15(18)21(16)14-4-2-1-3-12(14)20(25)27-21/h1-9,23-24H,10H2. The van der Waals surface area contributed by atoms with Crippen LogP contribution < -0.4 is 4.74 Å². The molecule has 1 spiro atoms. The normalized spacial score (nSPS) is 19.1. The van der Waals surface area contributed by atoms with Crippen LogP contribution in [0.3, 0.4) is 0 Å². The number of rotatable bonds is 1. The molecule has 0 saturated carbocycles. The first-order valence-corrected chi connectivity index (χ1v) is 9.44. The highest BCUT2D eigenvalue weighted by atomic mass is 79.9. The highest BCUT2D eigenvalue weighted by Crippen LogP contribution is 2.58. The molecule has 134 valence electrons. The highest BCUT2D eigenvalue weighted by Gasteiger charge is 2.54. The average molecular weight is 425 g/mol. The van der Waals surface area contributed by atoms with Crippen LogP contribution in [0.25, 0.3) is 0 Å². The third kappa shape index (κ3) is 2.01. The smallest absolute Gasteiger partial charge is 0.340 e. The van der Waals surface area contributed by atoms with Crippen molar-refractivity contribution in [2.45, 2.75) is 10.9 Å². The fourth-order valence-corrected chi connectivity index (χ4v) is 4.44. The van der Waals surface area contributed by atoms with E-state index in [2.05, 4.69) is 15.9 Å². The lowest BCUT2D eigenvalue weighted by atomic mass is 9.77. The van der Waals surface area contributed by atoms with Crippen LogP contribution >= 0.6 is 15.9 Å². The molecule has 0 amide bonds. The van der Waals surface area contributed by atoms with Gasteiger partial charge in [-0.25, -0.2) is 4.79 Å². The number of fused-ring (bicyclic) bond motifs is 6. The Kier molecular flexibility index (Phi) is 3.30. The SMILES string of the molecule is O=C1OC2(c3ccc(O)cc3Oc3c2ccc(O)c3CBr)c2ccccc21. The summed E-state index contributed by atoms with van der Waals surface area (Å²) in [5.74, 6) is 0.465. The van der Waals surface area contributed by atoms with E-state index in [1.165, 1.54) is 12.1 Å². The van der Waals surface area contributed by atoms with Gasteiger partial charge < -0.3 is 19.7 Å². The Hall–Kier alpha value is -2.99. The van der Waals surface area contributed by atoms with E-state index in [0.717, 1.165) is 0 Å². The van der Waals surface area contributed by atoms with E-state index in [0.29, 0.717) is 44.6 Å². The zero-order valence-electron chi connectivity index (χ0n) is 13.9. The Balaban J connectivity index is 1.93. The van der Waals surface area contributed by atoms with Crippen LogP contribution in [-0.4, -0.2) is 16.2 Å². The Morgan fingerprint density at radius 2 is 1.74 bits per heavy atom. The van der Waals surface area contributed by atoms with Gasteiger partial charge in [0.15, 0.2) is 5.60 Å². The van der Waals surface area contributed by atoms with Gasteiger partial charge in [0.2, 0.25) is 0 Å². The van der Waals surface area contributed by atoms with Crippen molar-refractivity contribution >= 4 is 21.9 Å². The fraction of sp³-hybridized carbons (Fsp3) is 0.0952. The number of alkyl halides is 1. The molecule has 2 N–H and O–H groups in total. The second kappa shape index (κ2) is 5.50. The predicted molar refractivity (Wildman–Crippen MR) is 101 cm³/mol. The molecule has 27 heavy (non-hydrogen) atoms. The Morgan fingerprint density at radius 3 is 2.56 bits per heavy atom. The molecule has 5 nitrogen and oxygen atoms in total. The van der Waals surface area contributed by atoms with Gasteiger partial charge in [0.05, 0.1) is 5.56 Å². The summed E-state index contributed by atoms with van der Waals surface area (Å²) < 4.78 is 12.1. The molecular weight excluding hydrogens is 412 g/mol. The highest BCUT2D eigenvalue weighted by molar-refractivity contribution is 9.08. The zero-order chi connectivity index (χ0) is 18.8. The zero-order valence-corrected chi connectivity index (χ0v) is 15.5. The molecule has 0 aromatic heterocycles. The van der Waals surface area contributed by atoms with Crippen molar-refractivity contribution in [2.24, 2.45) is 0 Å². The lowest BCUT2D eigenvalue weighted by Crippen LogP contribution is -2.33. The van der Waals surface area contributed by atoms with Gasteiger partial charge in [0.25, 0.3) is 0 Å². The van der Waals surface area contributed by atoms with Crippen molar-refractivity contribution in [3.05, 3.63) is 82.4 Å². The Labute approximate surface area is 162 Å². The average Bonchev–Trinajstić information content (AvgIpc) is 2.95. The first-order valence-electron chi connectivity index (χ1n) is 8.31. The first kappa shape index (κ1) is 16.2. The molecule has 6 heteroatoms. The second-order valence-electron chi connectivity index (χ2n) is 6.47. The summed E-state index contributed by atoms with van der Waals surface area (Å²) in [5, 5.41) is 20.6. The molecular formula is C21H13BrO5. The maximum atomic E-state index is 12.7. The molecule has 3 aromatic rings. The molecule has 1 unspecified atom stereocenters. The number of phenolic OH excluding ortho intramolecular Hbond substituents is 2. The van der Waals surface area contributed by atoms with E-state index in [9.17, 15) is 15.0 Å². The van der Waals surface area contributed by atoms with Gasteiger partial charge in [-0.15, -0.1) is 0 Å². The summed E-state index contributed by atoms with van der Waals surface area (Å²) in [5.41, 5.74) is 1.79. The molecule has 5 rings (SSSR count). The summed E-state index contributed by atoms with van der Waals surface area (Å²) in [6.45, 7) is 0. The van der Waals surface area contributed by atoms with E-state index >= 15 is 0 Å². The number of aromatic hydroxyl groups is 2. The third-order valence-electron chi connectivity index (χ3n) is 5.08. The number of esters is 1. The van der Waals surface area contributed by atoms with Gasteiger partial charge in [-0.3, -0.25) is 0 Å². The maximum absolute atomic E-state index is 12.7. The molecule has 0 radical (unpaired) electrons. The van der Waals surface area contributed by atoms with Crippen LogP contribution in [0, 0.1) is 0 Å². The Morgan fingerprint density at radius 1 is 0.963 bits per heavy atom. The number of phenols is 2. The van der Waals surface area contributed by atoms with E-state index in [-0.39, 0.29) is 11.5 Å². The van der Waals surface area contributed by atoms with Gasteiger partial charge >= 0.3 is 5.97 Å². The van der Waals surface area contributed by atoms with Crippen molar-refractivity contribution in [1.82, 2.24) is 0 Å². The van der Waals surface area contributed by atoms with Gasteiger partial charge in [0, 0.05) is 33.7 Å². The summed E-state index contributed by atoms with van der Waals surface area (Å²) in [7, 11) is 0. The summed E-state index contributed by atoms with van der Waals surface area (Å²) in [6.07, 6.45) is 0. The monoisotopic (exact) mass is 424 g/mol. The lowest BCUT2D eigenvalue weighted by Gasteiger charge is -2.37. The van der Waals surface area contributed by atoms with Crippen LogP contribution in [0.4, 0.5) is 0 Å². The second-order valence-corrected chi connectivity index (χ2v) is 7.03. The van der Waals surface area contributed by atoms with E-state index in [1.54, 1.807) is 30.3 Å². The minimum absolute atomic E-state index is 0.0329. The summed E-state index contributed by atoms with van der Waals surface area (Å²) >= 11 is 3.39. The van der Waals surface area contributed by atoms with Gasteiger partial charge in [-0.05, 0) is 30.3 Å². The van der Waals surface area contributed by atoms with E-state index < -0.39 is 11.6 Å². The molecule has 0 aliphatic carbocycles. The van der Waals surface area contributed by atoms with E-state index in [1.807, 2.05) is 12.1 Å². The molecule has 2 aliphatic heterocycles. The number of hydrogen-bond acceptors (Lipinski definition) is 5. The van der Waals surface area contributed by atoms with Crippen LogP contribution in [0.1, 0.15) is 32.6 Å².